The lowest BCUT2D eigenvalue weighted by molar-refractivity contribution is -0.149. The lowest BCUT2D eigenvalue weighted by Gasteiger charge is -2.40. The molecule has 6 aliphatic heterocycles. The van der Waals surface area contributed by atoms with Crippen molar-refractivity contribution in [1.82, 2.24) is 19.6 Å². The van der Waals surface area contributed by atoms with Crippen LogP contribution in [0, 0.1) is 12.0 Å². The van der Waals surface area contributed by atoms with Crippen LogP contribution in [0.25, 0.3) is 4.85 Å². The van der Waals surface area contributed by atoms with Gasteiger partial charge in [0.1, 0.15) is 6.04 Å². The summed E-state index contributed by atoms with van der Waals surface area (Å²) in [5.74, 6) is -1.72. The van der Waals surface area contributed by atoms with E-state index in [1.807, 2.05) is 47.4 Å². The summed E-state index contributed by atoms with van der Waals surface area (Å²) in [7, 11) is 1.39. The lowest BCUT2D eigenvalue weighted by atomic mass is 9.76. The molecule has 0 bridgehead atoms. The molecule has 13 heteroatoms. The maximum atomic E-state index is 13.6. The number of hydrogen-bond donors (Lipinski definition) is 0. The van der Waals surface area contributed by atoms with Gasteiger partial charge in [-0.05, 0) is 111 Å². The molecular formula is C44H46ClN7O5. The minimum absolute atomic E-state index is 0.0527. The van der Waals surface area contributed by atoms with Gasteiger partial charge in [0.2, 0.25) is 11.6 Å². The molecule has 0 aliphatic carbocycles. The molecule has 6 heterocycles. The SMILES string of the molecule is [C-]#[N+]c1ccc(N2CC3(CCN(c4ccc(C(=O)N5CCC(N6Cc7cc8c(cc7C6)C(=O)N(C6CCC(=O)N(C)C6=O)C8=O)CC5)cc4)CC3)C[C@@H]2C)cc1Cl. The van der Waals surface area contributed by atoms with Crippen LogP contribution in [-0.4, -0.2) is 107 Å². The van der Waals surface area contributed by atoms with E-state index in [1.54, 1.807) is 0 Å². The van der Waals surface area contributed by atoms with Gasteiger partial charge >= 0.3 is 0 Å². The van der Waals surface area contributed by atoms with Crippen LogP contribution in [0.4, 0.5) is 17.1 Å². The summed E-state index contributed by atoms with van der Waals surface area (Å²) in [5, 5.41) is 0.508. The second kappa shape index (κ2) is 14.3. The zero-order valence-electron chi connectivity index (χ0n) is 32.4. The van der Waals surface area contributed by atoms with E-state index in [0.717, 1.165) is 84.0 Å². The van der Waals surface area contributed by atoms with Crippen molar-refractivity contribution in [3.05, 3.63) is 98.9 Å². The van der Waals surface area contributed by atoms with Gasteiger partial charge in [-0.15, -0.1) is 0 Å². The molecule has 12 nitrogen and oxygen atoms in total. The summed E-state index contributed by atoms with van der Waals surface area (Å²) >= 11 is 6.38. The molecule has 0 radical (unpaired) electrons. The number of nitrogens with zero attached hydrogens (tertiary/aromatic N) is 7. The van der Waals surface area contributed by atoms with E-state index in [-0.39, 0.29) is 36.1 Å². The zero-order valence-corrected chi connectivity index (χ0v) is 33.1. The molecule has 57 heavy (non-hydrogen) atoms. The molecule has 0 aromatic heterocycles. The first-order valence-corrected chi connectivity index (χ1v) is 20.5. The van der Waals surface area contributed by atoms with Crippen molar-refractivity contribution in [3.8, 4) is 0 Å². The van der Waals surface area contributed by atoms with Crippen molar-refractivity contribution in [2.45, 2.75) is 83.1 Å². The Hall–Kier alpha value is -5.25. The van der Waals surface area contributed by atoms with Gasteiger partial charge in [-0.3, -0.25) is 38.7 Å². The van der Waals surface area contributed by atoms with Crippen molar-refractivity contribution in [3.63, 3.8) is 0 Å². The van der Waals surface area contributed by atoms with Gasteiger partial charge in [-0.25, -0.2) is 4.85 Å². The number of carbonyl (C=O) groups is 5. The molecule has 4 fully saturated rings. The molecule has 1 spiro atoms. The van der Waals surface area contributed by atoms with Crippen LogP contribution < -0.4 is 9.80 Å². The van der Waals surface area contributed by atoms with Crippen LogP contribution in [0.3, 0.4) is 0 Å². The van der Waals surface area contributed by atoms with E-state index in [1.165, 1.54) is 7.05 Å². The Balaban J connectivity index is 0.767. The third kappa shape index (κ3) is 6.45. The number of carbonyl (C=O) groups excluding carboxylic acids is 5. The van der Waals surface area contributed by atoms with E-state index >= 15 is 0 Å². The van der Waals surface area contributed by atoms with Gasteiger partial charge in [0.25, 0.3) is 23.6 Å². The fourth-order valence-corrected chi connectivity index (χ4v) is 10.5. The average Bonchev–Trinajstić information content (AvgIpc) is 3.87. The van der Waals surface area contributed by atoms with E-state index in [4.69, 9.17) is 18.2 Å². The number of hydrogen-bond acceptors (Lipinski definition) is 8. The van der Waals surface area contributed by atoms with E-state index in [0.29, 0.717) is 59.6 Å². The smallest absolute Gasteiger partial charge is 0.262 e. The molecule has 3 aromatic carbocycles. The number of likely N-dealkylation sites (tertiary alicyclic amines) is 2. The first-order chi connectivity index (χ1) is 27.4. The molecular weight excluding hydrogens is 742 g/mol. The Morgan fingerprint density at radius 3 is 2.09 bits per heavy atom. The number of anilines is 2. The van der Waals surface area contributed by atoms with Gasteiger partial charge in [-0.2, -0.15) is 0 Å². The predicted octanol–water partition coefficient (Wildman–Crippen LogP) is 6.14. The highest BCUT2D eigenvalue weighted by atomic mass is 35.5. The van der Waals surface area contributed by atoms with Crippen molar-refractivity contribution in [2.75, 3.05) is 49.6 Å². The largest absolute Gasteiger partial charge is 0.371 e. The van der Waals surface area contributed by atoms with Crippen molar-refractivity contribution in [1.29, 1.82) is 0 Å². The monoisotopic (exact) mass is 787 g/mol. The molecule has 4 saturated heterocycles. The number of piperidine rings is 3. The highest BCUT2D eigenvalue weighted by Gasteiger charge is 2.47. The van der Waals surface area contributed by atoms with Crippen LogP contribution in [-0.2, 0) is 22.7 Å². The molecule has 9 rings (SSSR count). The normalized spacial score (nSPS) is 23.8. The molecule has 0 N–H and O–H groups in total. The zero-order chi connectivity index (χ0) is 39.7. The topological polar surface area (TPSA) is 109 Å². The highest BCUT2D eigenvalue weighted by Crippen LogP contribution is 2.46. The summed E-state index contributed by atoms with van der Waals surface area (Å²) in [6.07, 6.45) is 5.27. The van der Waals surface area contributed by atoms with Gasteiger partial charge in [0, 0.05) is 93.3 Å². The molecule has 1 unspecified atom stereocenters. The summed E-state index contributed by atoms with van der Waals surface area (Å²) in [4.78, 5) is 80.1. The van der Waals surface area contributed by atoms with Crippen LogP contribution in [0.15, 0.2) is 54.6 Å². The Morgan fingerprint density at radius 2 is 1.47 bits per heavy atom. The molecule has 294 valence electrons. The van der Waals surface area contributed by atoms with E-state index < -0.39 is 23.8 Å². The molecule has 3 aromatic rings. The van der Waals surface area contributed by atoms with Crippen molar-refractivity contribution >= 4 is 58.2 Å². The summed E-state index contributed by atoms with van der Waals surface area (Å²) < 4.78 is 0. The molecule has 5 amide bonds. The van der Waals surface area contributed by atoms with Crippen LogP contribution in [0.5, 0.6) is 0 Å². The minimum atomic E-state index is -0.960. The van der Waals surface area contributed by atoms with E-state index in [2.05, 4.69) is 38.6 Å². The van der Waals surface area contributed by atoms with Gasteiger partial charge < -0.3 is 14.7 Å². The van der Waals surface area contributed by atoms with Crippen LogP contribution >= 0.6 is 11.6 Å². The van der Waals surface area contributed by atoms with Crippen molar-refractivity contribution < 1.29 is 24.0 Å². The van der Waals surface area contributed by atoms with Gasteiger partial charge in [0.05, 0.1) is 17.7 Å². The Kier molecular flexibility index (Phi) is 9.36. The summed E-state index contributed by atoms with van der Waals surface area (Å²) in [6, 6.07) is 17.2. The first kappa shape index (κ1) is 37.3. The number of amides is 5. The highest BCUT2D eigenvalue weighted by molar-refractivity contribution is 6.33. The Bertz CT molecular complexity index is 2190. The molecule has 2 atom stereocenters. The fraction of sp³-hybridized carbons (Fsp3) is 0.455. The standard InChI is InChI=1S/C44H46ClN7O5/c1-27-23-44(26-51(27)33-8-9-37(46-2)36(45)22-33)14-18-48(19-15-44)31-6-4-28(5-7-31)40(54)49-16-12-32(13-17-49)50-24-29-20-34-35(21-30(29)25-50)42(56)52(41(34)55)38-10-11-39(53)47(3)43(38)57/h4-9,20-22,27,32,38H,10-19,23-26H2,1,3H3/t27-,38?/m0/s1. The van der Waals surface area contributed by atoms with Gasteiger partial charge in [0.15, 0.2) is 0 Å². The molecule has 6 aliphatic rings. The van der Waals surface area contributed by atoms with Crippen LogP contribution in [0.2, 0.25) is 5.02 Å². The van der Waals surface area contributed by atoms with Crippen molar-refractivity contribution in [2.24, 2.45) is 5.41 Å². The number of likely N-dealkylation sites (N-methyl/N-ethyl adjacent to an activating group) is 1. The number of benzene rings is 3. The second-order valence-corrected chi connectivity index (χ2v) is 17.3. The number of rotatable bonds is 5. The average molecular weight is 788 g/mol. The maximum absolute atomic E-state index is 13.6. The molecule has 0 saturated carbocycles. The van der Waals surface area contributed by atoms with Gasteiger partial charge in [-0.1, -0.05) is 17.7 Å². The lowest BCUT2D eigenvalue weighted by Crippen LogP contribution is -2.54. The summed E-state index contributed by atoms with van der Waals surface area (Å²) in [5.41, 5.74) is 6.34. The van der Waals surface area contributed by atoms with E-state index in [9.17, 15) is 24.0 Å². The predicted molar refractivity (Wildman–Crippen MR) is 215 cm³/mol. The Morgan fingerprint density at radius 1 is 0.842 bits per heavy atom. The maximum Gasteiger partial charge on any atom is 0.262 e. The summed E-state index contributed by atoms with van der Waals surface area (Å²) in [6.45, 7) is 15.2. The Labute approximate surface area is 337 Å². The number of fused-ring (bicyclic) bond motifs is 2. The minimum Gasteiger partial charge on any atom is -0.371 e. The third-order valence-corrected chi connectivity index (χ3v) is 13.9. The third-order valence-electron chi connectivity index (χ3n) is 13.6. The number of imide groups is 2. The van der Waals surface area contributed by atoms with Crippen LogP contribution in [0.1, 0.15) is 94.1 Å². The first-order valence-electron chi connectivity index (χ1n) is 20.1. The fourth-order valence-electron chi connectivity index (χ4n) is 10.3. The quantitative estimate of drug-likeness (QED) is 0.224. The number of halogens is 1. The second-order valence-electron chi connectivity index (χ2n) is 16.9.